The molecule has 2 aromatic heterocycles. The summed E-state index contributed by atoms with van der Waals surface area (Å²) in [7, 11) is 0. The topological polar surface area (TPSA) is 106 Å². The highest BCUT2D eigenvalue weighted by molar-refractivity contribution is 5.91. The van der Waals surface area contributed by atoms with Crippen LogP contribution in [0.2, 0.25) is 0 Å². The largest absolute Gasteiger partial charge is 0.438 e. The number of aromatic nitrogens is 5. The molecule has 0 radical (unpaired) electrons. The number of aliphatic hydroxyl groups is 1. The lowest BCUT2D eigenvalue weighted by Gasteiger charge is -2.15. The fourth-order valence-electron chi connectivity index (χ4n) is 3.42. The van der Waals surface area contributed by atoms with Crippen molar-refractivity contribution in [1.29, 1.82) is 0 Å². The molecular formula is C18H16N6O3. The van der Waals surface area contributed by atoms with Gasteiger partial charge < -0.3 is 9.84 Å². The Kier molecular flexibility index (Phi) is 3.28. The lowest BCUT2D eigenvalue weighted by atomic mass is 10.0. The summed E-state index contributed by atoms with van der Waals surface area (Å²) in [5.74, 6) is 0.631. The Morgan fingerprint density at radius 3 is 2.74 bits per heavy atom. The minimum atomic E-state index is -0.709. The SMILES string of the molecule is Cc1cc(N2CC3(C[C@@H]3O)OC2=O)ccc1-c1ccc(-n2cnnn2)nc1. The number of tetrazole rings is 1. The number of ether oxygens (including phenoxy) is 1. The first kappa shape index (κ1) is 15.9. The summed E-state index contributed by atoms with van der Waals surface area (Å²) >= 11 is 0. The summed E-state index contributed by atoms with van der Waals surface area (Å²) in [4.78, 5) is 18.1. The molecule has 1 unspecified atom stereocenters. The van der Waals surface area contributed by atoms with Crippen LogP contribution in [-0.4, -0.2) is 54.6 Å². The van der Waals surface area contributed by atoms with Crippen LogP contribution >= 0.6 is 0 Å². The maximum absolute atomic E-state index is 12.2. The quantitative estimate of drug-likeness (QED) is 0.750. The average Bonchev–Trinajstić information content (AvgIpc) is 3.06. The van der Waals surface area contributed by atoms with Crippen LogP contribution in [0.5, 0.6) is 0 Å². The van der Waals surface area contributed by atoms with Crippen LogP contribution < -0.4 is 4.90 Å². The van der Waals surface area contributed by atoms with Gasteiger partial charge in [0.05, 0.1) is 12.6 Å². The third kappa shape index (κ3) is 2.55. The molecule has 2 atom stereocenters. The minimum absolute atomic E-state index is 0.383. The van der Waals surface area contributed by atoms with Gasteiger partial charge in [0.1, 0.15) is 6.33 Å². The minimum Gasteiger partial charge on any atom is -0.438 e. The van der Waals surface area contributed by atoms with E-state index in [-0.39, 0.29) is 0 Å². The van der Waals surface area contributed by atoms with Gasteiger partial charge in [0, 0.05) is 23.9 Å². The molecule has 1 saturated carbocycles. The number of carbonyl (C=O) groups is 1. The smallest absolute Gasteiger partial charge is 0.415 e. The van der Waals surface area contributed by atoms with Gasteiger partial charge in [-0.15, -0.1) is 5.10 Å². The molecule has 2 aliphatic rings. The molecular weight excluding hydrogens is 348 g/mol. The maximum Gasteiger partial charge on any atom is 0.415 e. The summed E-state index contributed by atoms with van der Waals surface area (Å²) in [6.45, 7) is 2.37. The molecule has 5 rings (SSSR count). The van der Waals surface area contributed by atoms with Crippen molar-refractivity contribution in [3.05, 3.63) is 48.4 Å². The normalized spacial score (nSPS) is 23.7. The number of amides is 1. The first-order chi connectivity index (χ1) is 13.1. The Balaban J connectivity index is 1.41. The predicted octanol–water partition coefficient (Wildman–Crippen LogP) is 1.49. The molecule has 136 valence electrons. The van der Waals surface area contributed by atoms with Crippen LogP contribution in [0.1, 0.15) is 12.0 Å². The number of hydrogen-bond acceptors (Lipinski definition) is 7. The van der Waals surface area contributed by atoms with Gasteiger partial charge in [-0.25, -0.2) is 9.78 Å². The van der Waals surface area contributed by atoms with Crippen LogP contribution in [0, 0.1) is 6.92 Å². The van der Waals surface area contributed by atoms with Crippen molar-refractivity contribution < 1.29 is 14.6 Å². The van der Waals surface area contributed by atoms with E-state index in [4.69, 9.17) is 4.74 Å². The molecule has 9 nitrogen and oxygen atoms in total. The second-order valence-corrected chi connectivity index (χ2v) is 6.90. The molecule has 1 aliphatic heterocycles. The number of carbonyl (C=O) groups excluding carboxylic acids is 1. The average molecular weight is 364 g/mol. The fraction of sp³-hybridized carbons (Fsp3) is 0.278. The number of aliphatic hydroxyl groups excluding tert-OH is 1. The first-order valence-corrected chi connectivity index (χ1v) is 8.55. The lowest BCUT2D eigenvalue weighted by molar-refractivity contribution is 0.0899. The first-order valence-electron chi connectivity index (χ1n) is 8.55. The Morgan fingerprint density at radius 1 is 1.30 bits per heavy atom. The molecule has 1 aliphatic carbocycles. The summed E-state index contributed by atoms with van der Waals surface area (Å²) in [6, 6.07) is 9.58. The molecule has 2 fully saturated rings. The van der Waals surface area contributed by atoms with E-state index in [1.807, 2.05) is 37.3 Å². The van der Waals surface area contributed by atoms with E-state index in [0.717, 1.165) is 22.4 Å². The molecule has 1 amide bonds. The van der Waals surface area contributed by atoms with Gasteiger partial charge in [0.2, 0.25) is 0 Å². The number of nitrogens with zero attached hydrogens (tertiary/aromatic N) is 6. The molecule has 1 N–H and O–H groups in total. The van der Waals surface area contributed by atoms with Crippen LogP contribution in [-0.2, 0) is 4.74 Å². The van der Waals surface area contributed by atoms with Crippen LogP contribution in [0.15, 0.2) is 42.9 Å². The van der Waals surface area contributed by atoms with Crippen molar-refractivity contribution in [2.45, 2.75) is 25.0 Å². The van der Waals surface area contributed by atoms with E-state index in [9.17, 15) is 9.90 Å². The zero-order valence-corrected chi connectivity index (χ0v) is 14.5. The van der Waals surface area contributed by atoms with Crippen LogP contribution in [0.4, 0.5) is 10.5 Å². The molecule has 1 saturated heterocycles. The molecule has 27 heavy (non-hydrogen) atoms. The summed E-state index contributed by atoms with van der Waals surface area (Å²) in [5, 5.41) is 20.7. The highest BCUT2D eigenvalue weighted by Gasteiger charge is 2.63. The monoisotopic (exact) mass is 364 g/mol. The number of hydrogen-bond donors (Lipinski definition) is 1. The standard InChI is InChI=1S/C18H16N6O3/c1-11-6-13(23-9-18(7-15(18)25)27-17(23)26)3-4-14(11)12-2-5-16(19-8-12)24-10-20-21-22-24/h2-6,8,10,15,25H,7,9H2,1H3/t15-,18?/m0/s1. The van der Waals surface area contributed by atoms with E-state index >= 15 is 0 Å². The van der Waals surface area contributed by atoms with E-state index in [0.29, 0.717) is 18.8 Å². The third-order valence-corrected chi connectivity index (χ3v) is 5.09. The van der Waals surface area contributed by atoms with Crippen molar-refractivity contribution in [3.63, 3.8) is 0 Å². The van der Waals surface area contributed by atoms with Crippen molar-refractivity contribution in [2.75, 3.05) is 11.4 Å². The second-order valence-electron chi connectivity index (χ2n) is 6.90. The van der Waals surface area contributed by atoms with Crippen molar-refractivity contribution in [2.24, 2.45) is 0 Å². The van der Waals surface area contributed by atoms with Gasteiger partial charge in [-0.3, -0.25) is 4.90 Å². The zero-order chi connectivity index (χ0) is 18.6. The highest BCUT2D eigenvalue weighted by atomic mass is 16.6. The van der Waals surface area contributed by atoms with Gasteiger partial charge in [-0.2, -0.15) is 4.68 Å². The lowest BCUT2D eigenvalue weighted by Crippen LogP contribution is -2.26. The summed E-state index contributed by atoms with van der Waals surface area (Å²) in [6.07, 6.45) is 2.79. The molecule has 3 aromatic rings. The molecule has 1 aromatic carbocycles. The van der Waals surface area contributed by atoms with E-state index < -0.39 is 17.8 Å². The number of anilines is 1. The van der Waals surface area contributed by atoms with Crippen molar-refractivity contribution in [3.8, 4) is 16.9 Å². The molecule has 1 spiro atoms. The fourth-order valence-corrected chi connectivity index (χ4v) is 3.42. The Labute approximate surface area is 154 Å². The van der Waals surface area contributed by atoms with E-state index in [1.165, 1.54) is 11.0 Å². The maximum atomic E-state index is 12.2. The summed E-state index contributed by atoms with van der Waals surface area (Å²) in [5.41, 5.74) is 3.03. The molecule has 9 heteroatoms. The Hall–Kier alpha value is -3.33. The third-order valence-electron chi connectivity index (χ3n) is 5.09. The van der Waals surface area contributed by atoms with E-state index in [2.05, 4.69) is 20.5 Å². The number of pyridine rings is 1. The predicted molar refractivity (Wildman–Crippen MR) is 94.3 cm³/mol. The van der Waals surface area contributed by atoms with Crippen molar-refractivity contribution in [1.82, 2.24) is 25.2 Å². The van der Waals surface area contributed by atoms with Gasteiger partial charge in [-0.05, 0) is 52.7 Å². The van der Waals surface area contributed by atoms with Crippen LogP contribution in [0.3, 0.4) is 0 Å². The Bertz CT molecular complexity index is 1020. The van der Waals surface area contributed by atoms with Gasteiger partial charge in [0.15, 0.2) is 11.4 Å². The number of rotatable bonds is 3. The van der Waals surface area contributed by atoms with Gasteiger partial charge in [-0.1, -0.05) is 6.07 Å². The molecule has 0 bridgehead atoms. The molecule has 3 heterocycles. The Morgan fingerprint density at radius 2 is 2.15 bits per heavy atom. The van der Waals surface area contributed by atoms with E-state index in [1.54, 1.807) is 11.1 Å². The highest BCUT2D eigenvalue weighted by Crippen LogP contribution is 2.46. The number of benzene rings is 1. The van der Waals surface area contributed by atoms with Crippen molar-refractivity contribution >= 4 is 11.8 Å². The number of aryl methyl sites for hydroxylation is 1. The van der Waals surface area contributed by atoms with Gasteiger partial charge in [0.25, 0.3) is 0 Å². The summed E-state index contributed by atoms with van der Waals surface area (Å²) < 4.78 is 6.84. The van der Waals surface area contributed by atoms with Crippen LogP contribution in [0.25, 0.3) is 16.9 Å². The second kappa shape index (κ2) is 5.58. The zero-order valence-electron chi connectivity index (χ0n) is 14.5. The van der Waals surface area contributed by atoms with Gasteiger partial charge >= 0.3 is 6.09 Å².